The third-order valence-electron chi connectivity index (χ3n) is 5.33. The van der Waals surface area contributed by atoms with Gasteiger partial charge in [0.2, 0.25) is 5.91 Å². The summed E-state index contributed by atoms with van der Waals surface area (Å²) in [6.07, 6.45) is 2.90. The van der Waals surface area contributed by atoms with Gasteiger partial charge in [-0.15, -0.1) is 10.2 Å². The van der Waals surface area contributed by atoms with E-state index in [1.807, 2.05) is 36.4 Å². The molecule has 2 aromatic carbocycles. The molecule has 0 unspecified atom stereocenters. The van der Waals surface area contributed by atoms with Gasteiger partial charge in [-0.25, -0.2) is 0 Å². The Morgan fingerprint density at radius 1 is 0.871 bits per heavy atom. The maximum Gasteiger partial charge on any atom is 0.279 e. The largest absolute Gasteiger partial charge is 0.356 e. The van der Waals surface area contributed by atoms with Crippen molar-refractivity contribution in [3.8, 4) is 0 Å². The Labute approximate surface area is 180 Å². The minimum Gasteiger partial charge on any atom is -0.356 e. The normalized spacial score (nSPS) is 11.0. The molecule has 0 bridgehead atoms. The van der Waals surface area contributed by atoms with Gasteiger partial charge in [0.05, 0.1) is 0 Å². The number of benzene rings is 2. The van der Waals surface area contributed by atoms with Crippen molar-refractivity contribution in [3.63, 3.8) is 0 Å². The second kappa shape index (κ2) is 9.80. The van der Waals surface area contributed by atoms with Gasteiger partial charge in [0.1, 0.15) is 5.69 Å². The summed E-state index contributed by atoms with van der Waals surface area (Å²) in [5.74, 6) is 0.109. The highest BCUT2D eigenvalue weighted by molar-refractivity contribution is 5.76. The van der Waals surface area contributed by atoms with E-state index >= 15 is 0 Å². The summed E-state index contributed by atoms with van der Waals surface area (Å²) < 4.78 is 1.45. The third kappa shape index (κ3) is 5.04. The molecule has 0 fully saturated rings. The highest BCUT2D eigenvalue weighted by Gasteiger charge is 2.15. The van der Waals surface area contributed by atoms with Gasteiger partial charge in [0.25, 0.3) is 5.56 Å². The molecule has 4 rings (SSSR count). The first kappa shape index (κ1) is 20.5. The zero-order chi connectivity index (χ0) is 21.5. The van der Waals surface area contributed by atoms with E-state index in [9.17, 15) is 9.59 Å². The molecule has 1 N–H and O–H groups in total. The van der Waals surface area contributed by atoms with Crippen molar-refractivity contribution in [2.24, 2.45) is 0 Å². The molecule has 31 heavy (non-hydrogen) atoms. The molecule has 0 saturated carbocycles. The minimum absolute atomic E-state index is 0.0979. The average Bonchev–Trinajstić information content (AvgIpc) is 2.83. The van der Waals surface area contributed by atoms with Crippen molar-refractivity contribution < 1.29 is 4.79 Å². The van der Waals surface area contributed by atoms with Crippen LogP contribution < -0.4 is 10.9 Å². The summed E-state index contributed by atoms with van der Waals surface area (Å²) in [6.45, 7) is 0.551. The number of hydrogen-bond acceptors (Lipinski definition) is 4. The first-order valence-corrected chi connectivity index (χ1v) is 10.4. The van der Waals surface area contributed by atoms with Gasteiger partial charge >= 0.3 is 0 Å². The molecule has 0 aliphatic heterocycles. The molecule has 0 aliphatic rings. The number of nitrogens with zero attached hydrogens (tertiary/aromatic N) is 3. The second-order valence-electron chi connectivity index (χ2n) is 7.39. The van der Waals surface area contributed by atoms with Crippen LogP contribution in [0, 0.1) is 0 Å². The predicted octanol–water partition coefficient (Wildman–Crippen LogP) is 3.36. The number of nitrogens with one attached hydrogen (secondary N) is 1. The Kier molecular flexibility index (Phi) is 6.47. The highest BCUT2D eigenvalue weighted by Crippen LogP contribution is 2.27. The number of amides is 1. The lowest BCUT2D eigenvalue weighted by Crippen LogP contribution is -2.28. The minimum atomic E-state index is -0.230. The second-order valence-corrected chi connectivity index (χ2v) is 7.39. The molecule has 0 radical (unpaired) electrons. The number of rotatable bonds is 8. The number of hydrogen-bond donors (Lipinski definition) is 1. The van der Waals surface area contributed by atoms with E-state index in [1.54, 1.807) is 24.4 Å². The summed E-state index contributed by atoms with van der Waals surface area (Å²) in [6, 6.07) is 25.9. The molecular weight excluding hydrogens is 388 g/mol. The number of carbonyl (C=O) groups excluding carboxylic acids is 1. The van der Waals surface area contributed by atoms with Gasteiger partial charge in [0.15, 0.2) is 5.65 Å². The van der Waals surface area contributed by atoms with Crippen molar-refractivity contribution in [2.45, 2.75) is 25.2 Å². The molecule has 0 atom stereocenters. The quantitative estimate of drug-likeness (QED) is 0.481. The molecule has 0 aliphatic carbocycles. The van der Waals surface area contributed by atoms with Gasteiger partial charge in [-0.05, 0) is 29.7 Å². The Morgan fingerprint density at radius 3 is 2.19 bits per heavy atom. The van der Waals surface area contributed by atoms with E-state index in [0.29, 0.717) is 17.9 Å². The molecule has 156 valence electrons. The lowest BCUT2D eigenvalue weighted by atomic mass is 9.88. The summed E-state index contributed by atoms with van der Waals surface area (Å²) in [4.78, 5) is 24.9. The van der Waals surface area contributed by atoms with Crippen molar-refractivity contribution in [3.05, 3.63) is 112 Å². The number of fused-ring (bicyclic) bond motifs is 1. The van der Waals surface area contributed by atoms with Crippen LogP contribution in [0.25, 0.3) is 5.65 Å². The predicted molar refractivity (Wildman–Crippen MR) is 120 cm³/mol. The van der Waals surface area contributed by atoms with Crippen LogP contribution >= 0.6 is 0 Å². The van der Waals surface area contributed by atoms with E-state index in [-0.39, 0.29) is 30.2 Å². The van der Waals surface area contributed by atoms with E-state index in [0.717, 1.165) is 6.42 Å². The van der Waals surface area contributed by atoms with E-state index in [1.165, 1.54) is 15.5 Å². The number of carbonyl (C=O) groups is 1. The smallest absolute Gasteiger partial charge is 0.279 e. The fourth-order valence-electron chi connectivity index (χ4n) is 3.71. The van der Waals surface area contributed by atoms with Crippen molar-refractivity contribution in [2.75, 3.05) is 6.54 Å². The Morgan fingerprint density at radius 2 is 1.52 bits per heavy atom. The maximum atomic E-state index is 12.5. The topological polar surface area (TPSA) is 76.4 Å². The monoisotopic (exact) mass is 412 g/mol. The molecule has 0 saturated heterocycles. The van der Waals surface area contributed by atoms with Crippen molar-refractivity contribution in [1.82, 2.24) is 19.9 Å². The van der Waals surface area contributed by atoms with Crippen molar-refractivity contribution in [1.29, 1.82) is 0 Å². The summed E-state index contributed by atoms with van der Waals surface area (Å²) in [5, 5.41) is 11.0. The molecule has 2 aromatic heterocycles. The van der Waals surface area contributed by atoms with Crippen LogP contribution in [0.3, 0.4) is 0 Å². The lowest BCUT2D eigenvalue weighted by molar-refractivity contribution is -0.121. The van der Waals surface area contributed by atoms with E-state index in [4.69, 9.17) is 0 Å². The zero-order valence-electron chi connectivity index (χ0n) is 17.1. The molecule has 0 spiro atoms. The van der Waals surface area contributed by atoms with Crippen molar-refractivity contribution >= 4 is 11.6 Å². The molecule has 1 amide bonds. The first-order valence-electron chi connectivity index (χ1n) is 10.4. The lowest BCUT2D eigenvalue weighted by Gasteiger charge is -2.18. The van der Waals surface area contributed by atoms with Gasteiger partial charge in [-0.2, -0.15) is 0 Å². The Bertz CT molecular complexity index is 1170. The molecule has 4 aromatic rings. The SMILES string of the molecule is O=C(CCc1nnc2ccccn2c1=O)NCCC(c1ccccc1)c1ccccc1. The molecular formula is C25H24N4O2. The Balaban J connectivity index is 1.35. The van der Waals surface area contributed by atoms with Crippen LogP contribution in [-0.4, -0.2) is 27.0 Å². The third-order valence-corrected chi connectivity index (χ3v) is 5.33. The maximum absolute atomic E-state index is 12.5. The van der Waals surface area contributed by atoms with Crippen LogP contribution in [0.15, 0.2) is 89.9 Å². The molecule has 6 nitrogen and oxygen atoms in total. The fourth-order valence-corrected chi connectivity index (χ4v) is 3.71. The standard InChI is InChI=1S/C25H24N4O2/c30-24(15-14-22-25(31)29-18-8-7-13-23(29)28-27-22)26-17-16-21(19-9-3-1-4-10-19)20-11-5-2-6-12-20/h1-13,18,21H,14-17H2,(H,26,30). The first-order chi connectivity index (χ1) is 15.2. The summed E-state index contributed by atoms with van der Waals surface area (Å²) in [7, 11) is 0. The summed E-state index contributed by atoms with van der Waals surface area (Å²) >= 11 is 0. The van der Waals surface area contributed by atoms with Gasteiger partial charge in [-0.3, -0.25) is 14.0 Å². The van der Waals surface area contributed by atoms with Gasteiger partial charge in [0, 0.05) is 31.5 Å². The fraction of sp³-hybridized carbons (Fsp3) is 0.200. The summed E-state index contributed by atoms with van der Waals surface area (Å²) in [5.41, 5.74) is 3.01. The number of aromatic nitrogens is 3. The van der Waals surface area contributed by atoms with Crippen LogP contribution in [-0.2, 0) is 11.2 Å². The highest BCUT2D eigenvalue weighted by atomic mass is 16.1. The zero-order valence-corrected chi connectivity index (χ0v) is 17.1. The van der Waals surface area contributed by atoms with E-state index < -0.39 is 0 Å². The molecule has 6 heteroatoms. The van der Waals surface area contributed by atoms with Crippen LogP contribution in [0.5, 0.6) is 0 Å². The number of aryl methyl sites for hydroxylation is 1. The van der Waals surface area contributed by atoms with Gasteiger partial charge in [-0.1, -0.05) is 66.7 Å². The molecule has 2 heterocycles. The average molecular weight is 412 g/mol. The van der Waals surface area contributed by atoms with Crippen LogP contribution in [0.4, 0.5) is 0 Å². The van der Waals surface area contributed by atoms with Crippen LogP contribution in [0.2, 0.25) is 0 Å². The van der Waals surface area contributed by atoms with E-state index in [2.05, 4.69) is 39.8 Å². The number of pyridine rings is 1. The Hall–Kier alpha value is -3.80. The van der Waals surface area contributed by atoms with Gasteiger partial charge < -0.3 is 5.32 Å². The van der Waals surface area contributed by atoms with Crippen LogP contribution in [0.1, 0.15) is 35.6 Å².